The third-order valence-electron chi connectivity index (χ3n) is 2.08. The first-order chi connectivity index (χ1) is 6.49. The van der Waals surface area contributed by atoms with Crippen molar-refractivity contribution in [3.8, 4) is 0 Å². The van der Waals surface area contributed by atoms with Crippen LogP contribution in [0.5, 0.6) is 0 Å². The van der Waals surface area contributed by atoms with E-state index in [1.54, 1.807) is 0 Å². The van der Waals surface area contributed by atoms with Gasteiger partial charge in [0.25, 0.3) is 0 Å². The maximum Gasteiger partial charge on any atom is 0.305 e. The van der Waals surface area contributed by atoms with Crippen LogP contribution < -0.4 is 0 Å². The van der Waals surface area contributed by atoms with E-state index in [1.807, 2.05) is 0 Å². The lowest BCUT2D eigenvalue weighted by Gasteiger charge is -2.08. The summed E-state index contributed by atoms with van der Waals surface area (Å²) < 4.78 is 4.44. The van der Waals surface area contributed by atoms with Crippen molar-refractivity contribution in [3.05, 3.63) is 0 Å². The van der Waals surface area contributed by atoms with Gasteiger partial charge in [-0.05, 0) is 26.7 Å². The zero-order valence-corrected chi connectivity index (χ0v) is 8.83. The molecule has 4 heteroatoms. The molecule has 80 valence electrons. The number of methoxy groups -OCH3 is 1. The van der Waals surface area contributed by atoms with E-state index in [4.69, 9.17) is 0 Å². The first-order valence-corrected chi connectivity index (χ1v) is 4.56. The fourth-order valence-corrected chi connectivity index (χ4v) is 1.25. The Hall–Kier alpha value is -1.19. The van der Waals surface area contributed by atoms with Crippen LogP contribution in [0.25, 0.3) is 0 Å². The monoisotopic (exact) mass is 200 g/mol. The Kier molecular flexibility index (Phi) is 5.76. The van der Waals surface area contributed by atoms with Gasteiger partial charge in [-0.3, -0.25) is 14.4 Å². The summed E-state index contributed by atoms with van der Waals surface area (Å²) in [6, 6.07) is 0. The molecule has 0 aromatic rings. The van der Waals surface area contributed by atoms with E-state index in [-0.39, 0.29) is 24.0 Å². The normalized spacial score (nSPS) is 10.0. The molecule has 0 radical (unpaired) electrons. The summed E-state index contributed by atoms with van der Waals surface area (Å²) in [6.07, 6.45) is 1.20. The van der Waals surface area contributed by atoms with Gasteiger partial charge in [-0.2, -0.15) is 0 Å². The van der Waals surface area contributed by atoms with Gasteiger partial charge in [-0.25, -0.2) is 0 Å². The van der Waals surface area contributed by atoms with E-state index >= 15 is 0 Å². The van der Waals surface area contributed by atoms with E-state index in [0.717, 1.165) is 0 Å². The number of hydrogen-bond donors (Lipinski definition) is 0. The van der Waals surface area contributed by atoms with Crippen LogP contribution >= 0.6 is 0 Å². The molecule has 0 spiro atoms. The molecular formula is C10H16O4. The molecule has 0 atom stereocenters. The highest BCUT2D eigenvalue weighted by atomic mass is 16.5. The van der Waals surface area contributed by atoms with Crippen LogP contribution in [0.4, 0.5) is 0 Å². The highest BCUT2D eigenvalue weighted by Gasteiger charge is 2.19. The molecule has 0 heterocycles. The molecule has 0 aromatic heterocycles. The van der Waals surface area contributed by atoms with Crippen molar-refractivity contribution in [1.82, 2.24) is 0 Å². The lowest BCUT2D eigenvalue weighted by molar-refractivity contribution is -0.141. The van der Waals surface area contributed by atoms with Crippen LogP contribution in [-0.2, 0) is 19.1 Å². The summed E-state index contributed by atoms with van der Waals surface area (Å²) in [5.74, 6) is -1.14. The van der Waals surface area contributed by atoms with Gasteiger partial charge in [0.15, 0.2) is 0 Å². The summed E-state index contributed by atoms with van der Waals surface area (Å²) in [6.45, 7) is 2.79. The van der Waals surface area contributed by atoms with Gasteiger partial charge < -0.3 is 4.74 Å². The average molecular weight is 200 g/mol. The molecule has 4 nitrogen and oxygen atoms in total. The van der Waals surface area contributed by atoms with E-state index < -0.39 is 5.92 Å². The number of carbonyl (C=O) groups excluding carboxylic acids is 3. The molecule has 0 unspecified atom stereocenters. The summed E-state index contributed by atoms with van der Waals surface area (Å²) >= 11 is 0. The summed E-state index contributed by atoms with van der Waals surface area (Å²) in [5.41, 5.74) is 0. The number of ether oxygens (including phenoxy) is 1. The second kappa shape index (κ2) is 6.29. The Balaban J connectivity index is 3.90. The minimum atomic E-state index is -0.556. The predicted molar refractivity (Wildman–Crippen MR) is 50.7 cm³/mol. The lowest BCUT2D eigenvalue weighted by Crippen LogP contribution is -2.19. The predicted octanol–water partition coefficient (Wildman–Crippen LogP) is 1.12. The summed E-state index contributed by atoms with van der Waals surface area (Å²) in [5, 5.41) is 0. The Bertz CT molecular complexity index is 218. The van der Waals surface area contributed by atoms with Gasteiger partial charge in [-0.15, -0.1) is 0 Å². The smallest absolute Gasteiger partial charge is 0.305 e. The van der Waals surface area contributed by atoms with E-state index in [9.17, 15) is 14.4 Å². The minimum Gasteiger partial charge on any atom is -0.469 e. The molecule has 0 aliphatic carbocycles. The fraction of sp³-hybridized carbons (Fsp3) is 0.700. The number of esters is 1. The fourth-order valence-electron chi connectivity index (χ4n) is 1.25. The highest BCUT2D eigenvalue weighted by molar-refractivity contribution is 6.00. The van der Waals surface area contributed by atoms with Crippen LogP contribution in [0, 0.1) is 5.92 Å². The third kappa shape index (κ3) is 4.74. The zero-order valence-electron chi connectivity index (χ0n) is 8.83. The Morgan fingerprint density at radius 1 is 1.14 bits per heavy atom. The quantitative estimate of drug-likeness (QED) is 0.476. The van der Waals surface area contributed by atoms with E-state index in [0.29, 0.717) is 12.8 Å². The Morgan fingerprint density at radius 3 is 2.00 bits per heavy atom. The first-order valence-electron chi connectivity index (χ1n) is 4.56. The first kappa shape index (κ1) is 12.8. The van der Waals surface area contributed by atoms with Crippen molar-refractivity contribution in [2.24, 2.45) is 5.92 Å². The summed E-state index contributed by atoms with van der Waals surface area (Å²) in [4.78, 5) is 32.7. The van der Waals surface area contributed by atoms with Gasteiger partial charge in [0, 0.05) is 6.42 Å². The molecule has 0 saturated carbocycles. The average Bonchev–Trinajstić information content (AvgIpc) is 2.10. The van der Waals surface area contributed by atoms with E-state index in [1.165, 1.54) is 21.0 Å². The number of rotatable bonds is 6. The van der Waals surface area contributed by atoms with Crippen molar-refractivity contribution in [2.45, 2.75) is 33.1 Å². The largest absolute Gasteiger partial charge is 0.469 e. The summed E-state index contributed by atoms with van der Waals surface area (Å²) in [7, 11) is 1.32. The van der Waals surface area contributed by atoms with Crippen LogP contribution in [-0.4, -0.2) is 24.6 Å². The van der Waals surface area contributed by atoms with Crippen molar-refractivity contribution in [1.29, 1.82) is 0 Å². The topological polar surface area (TPSA) is 60.4 Å². The SMILES string of the molecule is COC(=O)CCCC(C(C)=O)C(C)=O. The van der Waals surface area contributed by atoms with Crippen molar-refractivity contribution in [2.75, 3.05) is 7.11 Å². The zero-order chi connectivity index (χ0) is 11.1. The van der Waals surface area contributed by atoms with Crippen LogP contribution in [0.3, 0.4) is 0 Å². The second-order valence-electron chi connectivity index (χ2n) is 3.24. The van der Waals surface area contributed by atoms with Gasteiger partial charge >= 0.3 is 5.97 Å². The number of Topliss-reactive ketones (excluding diaryl/α,β-unsaturated/α-hetero) is 2. The Morgan fingerprint density at radius 2 is 1.64 bits per heavy atom. The molecule has 0 saturated heterocycles. The van der Waals surface area contributed by atoms with Gasteiger partial charge in [-0.1, -0.05) is 0 Å². The molecule has 0 N–H and O–H groups in total. The second-order valence-corrected chi connectivity index (χ2v) is 3.24. The molecule has 0 aliphatic rings. The highest BCUT2D eigenvalue weighted by Crippen LogP contribution is 2.11. The van der Waals surface area contributed by atoms with Crippen LogP contribution in [0.2, 0.25) is 0 Å². The maximum absolute atomic E-state index is 11.0. The van der Waals surface area contributed by atoms with Crippen molar-refractivity contribution < 1.29 is 19.1 Å². The van der Waals surface area contributed by atoms with Gasteiger partial charge in [0.2, 0.25) is 0 Å². The third-order valence-corrected chi connectivity index (χ3v) is 2.08. The molecule has 0 bridgehead atoms. The molecular weight excluding hydrogens is 184 g/mol. The Labute approximate surface area is 83.6 Å². The molecule has 0 fully saturated rings. The molecule has 14 heavy (non-hydrogen) atoms. The number of carbonyl (C=O) groups is 3. The molecule has 0 amide bonds. The van der Waals surface area contributed by atoms with E-state index in [2.05, 4.69) is 4.74 Å². The molecule has 0 rings (SSSR count). The van der Waals surface area contributed by atoms with Gasteiger partial charge in [0.05, 0.1) is 13.0 Å². The van der Waals surface area contributed by atoms with Crippen LogP contribution in [0.1, 0.15) is 33.1 Å². The number of hydrogen-bond acceptors (Lipinski definition) is 4. The minimum absolute atomic E-state index is 0.137. The van der Waals surface area contributed by atoms with Crippen molar-refractivity contribution in [3.63, 3.8) is 0 Å². The standard InChI is InChI=1S/C10H16O4/c1-7(11)9(8(2)12)5-4-6-10(13)14-3/h9H,4-6H2,1-3H3. The van der Waals surface area contributed by atoms with Crippen LogP contribution in [0.15, 0.2) is 0 Å². The molecule has 0 aliphatic heterocycles. The maximum atomic E-state index is 11.0. The van der Waals surface area contributed by atoms with Gasteiger partial charge in [0.1, 0.15) is 11.6 Å². The molecule has 0 aromatic carbocycles. The van der Waals surface area contributed by atoms with Crippen molar-refractivity contribution >= 4 is 17.5 Å². The lowest BCUT2D eigenvalue weighted by atomic mass is 9.94. The number of ketones is 2.